The van der Waals surface area contributed by atoms with Gasteiger partial charge in [-0.1, -0.05) is 20.3 Å². The summed E-state index contributed by atoms with van der Waals surface area (Å²) in [5.41, 5.74) is 7.92. The molecule has 2 rings (SSSR count). The van der Waals surface area contributed by atoms with Gasteiger partial charge in [-0.2, -0.15) is 0 Å². The van der Waals surface area contributed by atoms with Gasteiger partial charge >= 0.3 is 0 Å². The van der Waals surface area contributed by atoms with Gasteiger partial charge in [-0.3, -0.25) is 0 Å². The fourth-order valence-corrected chi connectivity index (χ4v) is 3.26. The quantitative estimate of drug-likeness (QED) is 0.865. The molecule has 1 saturated carbocycles. The predicted molar refractivity (Wildman–Crippen MR) is 82.5 cm³/mol. The molecular weight excluding hydrogens is 250 g/mol. The molecule has 0 aromatic heterocycles. The smallest absolute Gasteiger partial charge is 0.122 e. The first-order valence-electron chi connectivity index (χ1n) is 7.51. The van der Waals surface area contributed by atoms with E-state index in [0.29, 0.717) is 5.92 Å². The summed E-state index contributed by atoms with van der Waals surface area (Å²) in [6.07, 6.45) is 4.64. The van der Waals surface area contributed by atoms with Crippen molar-refractivity contribution >= 4 is 0 Å². The van der Waals surface area contributed by atoms with Gasteiger partial charge < -0.3 is 15.2 Å². The van der Waals surface area contributed by atoms with E-state index in [1.165, 1.54) is 12.0 Å². The highest BCUT2D eigenvalue weighted by Crippen LogP contribution is 2.48. The molecule has 1 atom stereocenters. The fourth-order valence-electron chi connectivity index (χ4n) is 3.26. The Morgan fingerprint density at radius 3 is 2.00 bits per heavy atom. The van der Waals surface area contributed by atoms with Crippen LogP contribution < -0.4 is 15.2 Å². The molecule has 1 aromatic carbocycles. The number of methoxy groups -OCH3 is 2. The average Bonchev–Trinajstić information content (AvgIpc) is 2.36. The summed E-state index contributed by atoms with van der Waals surface area (Å²) in [5.74, 6) is 2.32. The molecule has 1 unspecified atom stereocenters. The minimum Gasteiger partial charge on any atom is -0.497 e. The van der Waals surface area contributed by atoms with Crippen molar-refractivity contribution < 1.29 is 9.47 Å². The minimum atomic E-state index is 0.103. The summed E-state index contributed by atoms with van der Waals surface area (Å²) in [6, 6.07) is 6.38. The summed E-state index contributed by atoms with van der Waals surface area (Å²) < 4.78 is 10.8. The second kappa shape index (κ2) is 6.04. The summed E-state index contributed by atoms with van der Waals surface area (Å²) in [5, 5.41) is 0. The van der Waals surface area contributed by atoms with Gasteiger partial charge in [0.05, 0.1) is 14.2 Å². The summed E-state index contributed by atoms with van der Waals surface area (Å²) >= 11 is 0. The van der Waals surface area contributed by atoms with Crippen molar-refractivity contribution in [3.8, 4) is 11.5 Å². The van der Waals surface area contributed by atoms with Crippen LogP contribution in [0.2, 0.25) is 0 Å². The molecule has 0 heterocycles. The van der Waals surface area contributed by atoms with Crippen molar-refractivity contribution in [2.24, 2.45) is 11.7 Å². The molecule has 1 fully saturated rings. The first kappa shape index (κ1) is 15.2. The van der Waals surface area contributed by atoms with Crippen molar-refractivity contribution in [3.63, 3.8) is 0 Å². The molecule has 20 heavy (non-hydrogen) atoms. The van der Waals surface area contributed by atoms with E-state index >= 15 is 0 Å². The molecule has 0 amide bonds. The topological polar surface area (TPSA) is 44.5 Å². The molecule has 0 aliphatic heterocycles. The van der Waals surface area contributed by atoms with Crippen molar-refractivity contribution in [1.82, 2.24) is 0 Å². The maximum absolute atomic E-state index is 6.55. The molecule has 1 aromatic rings. The molecule has 3 heteroatoms. The zero-order valence-electron chi connectivity index (χ0n) is 13.1. The highest BCUT2D eigenvalue weighted by Gasteiger charge is 2.44. The van der Waals surface area contributed by atoms with Gasteiger partial charge in [0, 0.05) is 17.5 Å². The van der Waals surface area contributed by atoms with E-state index in [1.807, 2.05) is 6.07 Å². The Labute approximate surface area is 122 Å². The third kappa shape index (κ3) is 2.78. The number of ether oxygens (including phenoxy) is 2. The van der Waals surface area contributed by atoms with Gasteiger partial charge in [0.2, 0.25) is 0 Å². The second-order valence-corrected chi connectivity index (χ2v) is 6.35. The van der Waals surface area contributed by atoms with E-state index in [2.05, 4.69) is 26.0 Å². The van der Waals surface area contributed by atoms with Crippen LogP contribution in [0.1, 0.15) is 45.1 Å². The standard InChI is InChI=1S/C17H27NO2/c1-12(2)8-16(18)17(6-5-7-17)13-9-14(19-3)11-15(10-13)20-4/h9-12,16H,5-8,18H2,1-4H3. The second-order valence-electron chi connectivity index (χ2n) is 6.35. The third-order valence-corrected chi connectivity index (χ3v) is 4.61. The van der Waals surface area contributed by atoms with Gasteiger partial charge in [0.25, 0.3) is 0 Å². The first-order chi connectivity index (χ1) is 9.51. The summed E-state index contributed by atoms with van der Waals surface area (Å²) in [7, 11) is 3.39. The van der Waals surface area contributed by atoms with E-state index in [9.17, 15) is 0 Å². The lowest BCUT2D eigenvalue weighted by molar-refractivity contribution is 0.177. The fraction of sp³-hybridized carbons (Fsp3) is 0.647. The number of rotatable bonds is 6. The molecule has 0 saturated heterocycles. The van der Waals surface area contributed by atoms with Crippen LogP contribution in [0.5, 0.6) is 11.5 Å². The van der Waals surface area contributed by atoms with Crippen LogP contribution in [0.3, 0.4) is 0 Å². The van der Waals surface area contributed by atoms with E-state index in [-0.39, 0.29) is 11.5 Å². The van der Waals surface area contributed by atoms with Gasteiger partial charge in [0.1, 0.15) is 11.5 Å². The Bertz CT molecular complexity index is 430. The van der Waals surface area contributed by atoms with Crippen molar-refractivity contribution in [2.45, 2.75) is 51.0 Å². The molecule has 1 aliphatic rings. The predicted octanol–water partition coefficient (Wildman–Crippen LogP) is 3.50. The maximum atomic E-state index is 6.55. The number of hydrogen-bond acceptors (Lipinski definition) is 3. The molecule has 3 nitrogen and oxygen atoms in total. The average molecular weight is 277 g/mol. The lowest BCUT2D eigenvalue weighted by atomic mass is 9.59. The normalized spacial score (nSPS) is 18.5. The molecule has 0 spiro atoms. The Hall–Kier alpha value is -1.22. The maximum Gasteiger partial charge on any atom is 0.122 e. The van der Waals surface area contributed by atoms with Crippen LogP contribution in [-0.4, -0.2) is 20.3 Å². The summed E-state index contributed by atoms with van der Waals surface area (Å²) in [6.45, 7) is 4.47. The van der Waals surface area contributed by atoms with Crippen LogP contribution in [0.4, 0.5) is 0 Å². The highest BCUT2D eigenvalue weighted by atomic mass is 16.5. The monoisotopic (exact) mass is 277 g/mol. The molecular formula is C17H27NO2. The van der Waals surface area contributed by atoms with Crippen LogP contribution in [-0.2, 0) is 5.41 Å². The molecule has 1 aliphatic carbocycles. The van der Waals surface area contributed by atoms with Crippen LogP contribution in [0, 0.1) is 5.92 Å². The van der Waals surface area contributed by atoms with Crippen LogP contribution >= 0.6 is 0 Å². The zero-order chi connectivity index (χ0) is 14.8. The Morgan fingerprint density at radius 2 is 1.65 bits per heavy atom. The van der Waals surface area contributed by atoms with Gasteiger partial charge in [-0.15, -0.1) is 0 Å². The van der Waals surface area contributed by atoms with Gasteiger partial charge in [-0.25, -0.2) is 0 Å². The van der Waals surface area contributed by atoms with E-state index in [0.717, 1.165) is 30.8 Å². The van der Waals surface area contributed by atoms with Crippen molar-refractivity contribution in [2.75, 3.05) is 14.2 Å². The highest BCUT2D eigenvalue weighted by molar-refractivity contribution is 5.43. The lowest BCUT2D eigenvalue weighted by Crippen LogP contribution is -2.50. The number of benzene rings is 1. The van der Waals surface area contributed by atoms with Crippen LogP contribution in [0.25, 0.3) is 0 Å². The Kier molecular flexibility index (Phi) is 4.59. The first-order valence-corrected chi connectivity index (χ1v) is 7.51. The van der Waals surface area contributed by atoms with Crippen LogP contribution in [0.15, 0.2) is 18.2 Å². The van der Waals surface area contributed by atoms with E-state index < -0.39 is 0 Å². The van der Waals surface area contributed by atoms with Crippen molar-refractivity contribution in [1.29, 1.82) is 0 Å². The summed E-state index contributed by atoms with van der Waals surface area (Å²) in [4.78, 5) is 0. The van der Waals surface area contributed by atoms with Gasteiger partial charge in [0.15, 0.2) is 0 Å². The van der Waals surface area contributed by atoms with Gasteiger partial charge in [-0.05, 0) is 42.9 Å². The van der Waals surface area contributed by atoms with E-state index in [4.69, 9.17) is 15.2 Å². The number of hydrogen-bond donors (Lipinski definition) is 1. The third-order valence-electron chi connectivity index (χ3n) is 4.61. The molecule has 0 radical (unpaired) electrons. The largest absolute Gasteiger partial charge is 0.497 e. The molecule has 112 valence electrons. The molecule has 0 bridgehead atoms. The zero-order valence-corrected chi connectivity index (χ0v) is 13.1. The van der Waals surface area contributed by atoms with Crippen molar-refractivity contribution in [3.05, 3.63) is 23.8 Å². The SMILES string of the molecule is COc1cc(OC)cc(C2(C(N)CC(C)C)CCC2)c1. The molecule has 2 N–H and O–H groups in total. The van der Waals surface area contributed by atoms with E-state index in [1.54, 1.807) is 14.2 Å². The minimum absolute atomic E-state index is 0.103. The lowest BCUT2D eigenvalue weighted by Gasteiger charge is -2.47. The Morgan fingerprint density at radius 1 is 1.10 bits per heavy atom. The Balaban J connectivity index is 2.35. The number of nitrogens with two attached hydrogens (primary N) is 1.